The maximum Gasteiger partial charge on any atom is 0.251 e. The lowest BCUT2D eigenvalue weighted by atomic mass is 9.98. The molecule has 126 valence electrons. The van der Waals surface area contributed by atoms with Crippen LogP contribution in [0.5, 0.6) is 11.5 Å². The van der Waals surface area contributed by atoms with E-state index in [1.54, 1.807) is 29.5 Å². The maximum absolute atomic E-state index is 12.4. The second-order valence-corrected chi connectivity index (χ2v) is 6.92. The molecule has 0 unspecified atom stereocenters. The normalized spacial score (nSPS) is 19.3. The molecule has 1 aromatic heterocycles. The number of benzene rings is 1. The molecule has 0 spiro atoms. The lowest BCUT2D eigenvalue weighted by Gasteiger charge is -2.32. The average molecular weight is 345 g/mol. The Hall–Kier alpha value is -2.28. The number of carbonyl (C=O) groups is 1. The van der Waals surface area contributed by atoms with Gasteiger partial charge in [0, 0.05) is 36.8 Å². The molecule has 2 aliphatic heterocycles. The topological polar surface area (TPSA) is 63.7 Å². The zero-order chi connectivity index (χ0) is 16.4. The van der Waals surface area contributed by atoms with E-state index in [1.165, 1.54) is 0 Å². The van der Waals surface area contributed by atoms with E-state index in [2.05, 4.69) is 15.2 Å². The first-order chi connectivity index (χ1) is 11.8. The van der Waals surface area contributed by atoms with Crippen molar-refractivity contribution in [3.8, 4) is 11.5 Å². The van der Waals surface area contributed by atoms with E-state index in [-0.39, 0.29) is 12.7 Å². The maximum atomic E-state index is 12.4. The number of fused-ring (bicyclic) bond motifs is 1. The molecule has 4 rings (SSSR count). The minimum absolute atomic E-state index is 0.0697. The van der Waals surface area contributed by atoms with Gasteiger partial charge < -0.3 is 19.7 Å². The predicted octanol–water partition coefficient (Wildman–Crippen LogP) is 2.52. The molecule has 1 saturated heterocycles. The molecule has 0 saturated carbocycles. The molecular weight excluding hydrogens is 326 g/mol. The summed E-state index contributed by atoms with van der Waals surface area (Å²) in [4.78, 5) is 19.1. The Bertz CT molecular complexity index is 720. The summed E-state index contributed by atoms with van der Waals surface area (Å²) in [6, 6.07) is 5.29. The van der Waals surface area contributed by atoms with Crippen molar-refractivity contribution in [3.05, 3.63) is 35.3 Å². The average Bonchev–Trinajstić information content (AvgIpc) is 3.30. The van der Waals surface area contributed by atoms with Gasteiger partial charge in [-0.15, -0.1) is 11.3 Å². The van der Waals surface area contributed by atoms with Gasteiger partial charge in [-0.2, -0.15) is 0 Å². The second kappa shape index (κ2) is 6.68. The summed E-state index contributed by atoms with van der Waals surface area (Å²) in [5.74, 6) is 1.70. The number of nitrogens with one attached hydrogen (secondary N) is 1. The molecule has 1 fully saturated rings. The smallest absolute Gasteiger partial charge is 0.251 e. The molecule has 1 amide bonds. The number of amides is 1. The molecule has 1 atom stereocenters. The van der Waals surface area contributed by atoms with Crippen LogP contribution in [0.3, 0.4) is 0 Å². The fraction of sp³-hybridized carbons (Fsp3) is 0.412. The van der Waals surface area contributed by atoms with Gasteiger partial charge in [-0.1, -0.05) is 0 Å². The molecule has 24 heavy (non-hydrogen) atoms. The van der Waals surface area contributed by atoms with E-state index in [1.807, 2.05) is 11.6 Å². The summed E-state index contributed by atoms with van der Waals surface area (Å²) in [6.45, 7) is 2.87. The van der Waals surface area contributed by atoms with Crippen LogP contribution >= 0.6 is 11.3 Å². The Morgan fingerprint density at radius 2 is 2.29 bits per heavy atom. The van der Waals surface area contributed by atoms with Crippen LogP contribution in [-0.2, 0) is 0 Å². The molecule has 0 bridgehead atoms. The number of thiazole rings is 1. The molecule has 2 aliphatic rings. The number of ether oxygens (including phenoxy) is 2. The van der Waals surface area contributed by atoms with E-state index in [4.69, 9.17) is 9.47 Å². The van der Waals surface area contributed by atoms with Gasteiger partial charge in [0.05, 0.1) is 0 Å². The second-order valence-electron chi connectivity index (χ2n) is 6.05. The molecular formula is C17H19N3O3S. The third kappa shape index (κ3) is 3.17. The number of nitrogens with zero attached hydrogens (tertiary/aromatic N) is 2. The quantitative estimate of drug-likeness (QED) is 0.922. The van der Waals surface area contributed by atoms with Crippen LogP contribution in [0.1, 0.15) is 23.2 Å². The van der Waals surface area contributed by atoms with E-state index in [0.717, 1.165) is 31.1 Å². The number of hydrogen-bond donors (Lipinski definition) is 1. The predicted molar refractivity (Wildman–Crippen MR) is 91.9 cm³/mol. The van der Waals surface area contributed by atoms with E-state index in [9.17, 15) is 4.79 Å². The fourth-order valence-corrected chi connectivity index (χ4v) is 3.83. The van der Waals surface area contributed by atoms with Crippen LogP contribution in [0.4, 0.5) is 5.13 Å². The van der Waals surface area contributed by atoms with Crippen molar-refractivity contribution in [1.82, 2.24) is 10.3 Å². The van der Waals surface area contributed by atoms with Crippen molar-refractivity contribution in [1.29, 1.82) is 0 Å². The van der Waals surface area contributed by atoms with Gasteiger partial charge in [-0.25, -0.2) is 4.98 Å². The highest BCUT2D eigenvalue weighted by molar-refractivity contribution is 7.13. The third-order valence-electron chi connectivity index (χ3n) is 4.39. The van der Waals surface area contributed by atoms with Crippen molar-refractivity contribution in [3.63, 3.8) is 0 Å². The largest absolute Gasteiger partial charge is 0.454 e. The molecule has 0 radical (unpaired) electrons. The summed E-state index contributed by atoms with van der Waals surface area (Å²) < 4.78 is 10.6. The van der Waals surface area contributed by atoms with Crippen molar-refractivity contribution >= 4 is 22.4 Å². The summed E-state index contributed by atoms with van der Waals surface area (Å²) in [5.41, 5.74) is 0.604. The molecule has 1 N–H and O–H groups in total. The van der Waals surface area contributed by atoms with E-state index in [0.29, 0.717) is 29.5 Å². The van der Waals surface area contributed by atoms with Gasteiger partial charge in [-0.05, 0) is 37.0 Å². The van der Waals surface area contributed by atoms with Crippen LogP contribution < -0.4 is 19.7 Å². The zero-order valence-corrected chi connectivity index (χ0v) is 14.1. The molecule has 3 heterocycles. The standard InChI is InChI=1S/C17H19N3O3S/c21-16(13-3-4-14-15(8-13)23-11-22-14)19-9-12-2-1-6-20(10-12)17-18-5-7-24-17/h3-5,7-8,12H,1-2,6,9-11H2,(H,19,21)/t12-/m1/s1. The number of aromatic nitrogens is 1. The molecule has 0 aliphatic carbocycles. The number of piperidine rings is 1. The van der Waals surface area contributed by atoms with Gasteiger partial charge in [-0.3, -0.25) is 4.79 Å². The monoisotopic (exact) mass is 345 g/mol. The first kappa shape index (κ1) is 15.3. The van der Waals surface area contributed by atoms with Crippen LogP contribution in [0.15, 0.2) is 29.8 Å². The minimum atomic E-state index is -0.0697. The lowest BCUT2D eigenvalue weighted by molar-refractivity contribution is 0.0945. The summed E-state index contributed by atoms with van der Waals surface area (Å²) in [6.07, 6.45) is 4.10. The number of carbonyl (C=O) groups excluding carboxylic acids is 1. The minimum Gasteiger partial charge on any atom is -0.454 e. The Labute approximate surface area is 144 Å². The number of rotatable bonds is 4. The summed E-state index contributed by atoms with van der Waals surface area (Å²) in [5, 5.41) is 6.12. The zero-order valence-electron chi connectivity index (χ0n) is 13.2. The van der Waals surface area contributed by atoms with Gasteiger partial charge in [0.15, 0.2) is 16.6 Å². The van der Waals surface area contributed by atoms with Crippen molar-refractivity contribution in [2.45, 2.75) is 12.8 Å². The van der Waals surface area contributed by atoms with Crippen LogP contribution in [-0.4, -0.2) is 37.3 Å². The van der Waals surface area contributed by atoms with Crippen molar-refractivity contribution in [2.24, 2.45) is 5.92 Å². The highest BCUT2D eigenvalue weighted by Crippen LogP contribution is 2.32. The highest BCUT2D eigenvalue weighted by Gasteiger charge is 2.22. The SMILES string of the molecule is O=C(NC[C@H]1CCCN(c2nccs2)C1)c1ccc2c(c1)OCO2. The summed E-state index contributed by atoms with van der Waals surface area (Å²) >= 11 is 1.67. The lowest BCUT2D eigenvalue weighted by Crippen LogP contribution is -2.41. The summed E-state index contributed by atoms with van der Waals surface area (Å²) in [7, 11) is 0. The molecule has 1 aromatic carbocycles. The highest BCUT2D eigenvalue weighted by atomic mass is 32.1. The van der Waals surface area contributed by atoms with Crippen LogP contribution in [0, 0.1) is 5.92 Å². The van der Waals surface area contributed by atoms with Gasteiger partial charge in [0.2, 0.25) is 6.79 Å². The fourth-order valence-electron chi connectivity index (χ4n) is 3.15. The van der Waals surface area contributed by atoms with Crippen molar-refractivity contribution < 1.29 is 14.3 Å². The van der Waals surface area contributed by atoms with Gasteiger partial charge >= 0.3 is 0 Å². The Balaban J connectivity index is 1.33. The van der Waals surface area contributed by atoms with E-state index < -0.39 is 0 Å². The molecule has 7 heteroatoms. The Morgan fingerprint density at radius 1 is 1.38 bits per heavy atom. The van der Waals surface area contributed by atoms with Crippen LogP contribution in [0.2, 0.25) is 0 Å². The van der Waals surface area contributed by atoms with E-state index >= 15 is 0 Å². The first-order valence-corrected chi connectivity index (χ1v) is 9.00. The van der Waals surface area contributed by atoms with Crippen molar-refractivity contribution in [2.75, 3.05) is 31.3 Å². The Morgan fingerprint density at radius 3 is 3.17 bits per heavy atom. The third-order valence-corrected chi connectivity index (χ3v) is 5.23. The molecule has 6 nitrogen and oxygen atoms in total. The van der Waals surface area contributed by atoms with Gasteiger partial charge in [0.1, 0.15) is 0 Å². The molecule has 2 aromatic rings. The number of anilines is 1. The first-order valence-electron chi connectivity index (χ1n) is 8.12. The van der Waals surface area contributed by atoms with Crippen LogP contribution in [0.25, 0.3) is 0 Å². The van der Waals surface area contributed by atoms with Gasteiger partial charge in [0.25, 0.3) is 5.91 Å². The number of hydrogen-bond acceptors (Lipinski definition) is 6. The Kier molecular flexibility index (Phi) is 4.25.